The molecule has 0 aromatic carbocycles. The van der Waals surface area contributed by atoms with Crippen LogP contribution in [-0.4, -0.2) is 0 Å². The first-order valence-corrected chi connectivity index (χ1v) is 8.36. The van der Waals surface area contributed by atoms with Crippen LogP contribution in [-0.2, 0) is 12.8 Å². The molecule has 0 aliphatic heterocycles. The van der Waals surface area contributed by atoms with Crippen LogP contribution < -0.4 is 0 Å². The molecule has 0 aliphatic rings. The van der Waals surface area contributed by atoms with E-state index >= 15 is 0 Å². The van der Waals surface area contributed by atoms with Crippen molar-refractivity contribution in [3.8, 4) is 0 Å². The third-order valence-corrected chi connectivity index (χ3v) is 3.86. The summed E-state index contributed by atoms with van der Waals surface area (Å²) >= 11 is 0. The SMILES string of the molecule is CCCCCCCc1cc(C)c(CCCCCC)o1. The third-order valence-electron chi connectivity index (χ3n) is 3.86. The average Bonchev–Trinajstić information content (AvgIpc) is 2.75. The summed E-state index contributed by atoms with van der Waals surface area (Å²) in [6, 6.07) is 2.26. The maximum atomic E-state index is 6.00. The zero-order valence-electron chi connectivity index (χ0n) is 13.3. The molecule has 0 aliphatic carbocycles. The van der Waals surface area contributed by atoms with Crippen LogP contribution in [0.5, 0.6) is 0 Å². The fraction of sp³-hybridized carbons (Fsp3) is 0.778. The highest BCUT2D eigenvalue weighted by atomic mass is 16.3. The van der Waals surface area contributed by atoms with Crippen molar-refractivity contribution in [3.05, 3.63) is 23.2 Å². The molecular formula is C18H32O. The minimum absolute atomic E-state index is 1.12. The molecule has 0 saturated carbocycles. The Hall–Kier alpha value is -0.720. The molecule has 1 aromatic heterocycles. The van der Waals surface area contributed by atoms with Crippen LogP contribution in [0.2, 0.25) is 0 Å². The van der Waals surface area contributed by atoms with Crippen molar-refractivity contribution in [2.45, 2.75) is 91.4 Å². The number of hydrogen-bond donors (Lipinski definition) is 0. The number of rotatable bonds is 11. The van der Waals surface area contributed by atoms with E-state index in [9.17, 15) is 0 Å². The molecule has 0 fully saturated rings. The molecule has 19 heavy (non-hydrogen) atoms. The molecule has 0 spiro atoms. The van der Waals surface area contributed by atoms with Crippen LogP contribution in [0.3, 0.4) is 0 Å². The van der Waals surface area contributed by atoms with Crippen molar-refractivity contribution >= 4 is 0 Å². The monoisotopic (exact) mass is 264 g/mol. The van der Waals surface area contributed by atoms with Crippen LogP contribution >= 0.6 is 0 Å². The lowest BCUT2D eigenvalue weighted by Gasteiger charge is -2.00. The van der Waals surface area contributed by atoms with Gasteiger partial charge in [-0.1, -0.05) is 58.8 Å². The second-order valence-electron chi connectivity index (χ2n) is 5.79. The molecule has 0 amide bonds. The standard InChI is InChI=1S/C18H32O/c1-4-6-8-10-11-13-17-15-16(3)18(19-17)14-12-9-7-5-2/h15H,4-14H2,1-3H3. The lowest BCUT2D eigenvalue weighted by atomic mass is 10.1. The van der Waals surface area contributed by atoms with E-state index in [-0.39, 0.29) is 0 Å². The number of aryl methyl sites for hydroxylation is 3. The van der Waals surface area contributed by atoms with Crippen molar-refractivity contribution in [2.24, 2.45) is 0 Å². The Morgan fingerprint density at radius 1 is 0.789 bits per heavy atom. The molecule has 0 atom stereocenters. The first-order chi connectivity index (χ1) is 9.27. The molecule has 1 aromatic rings. The molecule has 0 unspecified atom stereocenters. The van der Waals surface area contributed by atoms with Gasteiger partial charge in [0.25, 0.3) is 0 Å². The molecule has 0 N–H and O–H groups in total. The summed E-state index contributed by atoms with van der Waals surface area (Å²) in [5, 5.41) is 0. The molecule has 0 bridgehead atoms. The Bertz CT molecular complexity index is 324. The maximum absolute atomic E-state index is 6.00. The minimum Gasteiger partial charge on any atom is -0.466 e. The van der Waals surface area contributed by atoms with Gasteiger partial charge in [0.05, 0.1) is 0 Å². The van der Waals surface area contributed by atoms with Crippen LogP contribution in [0.15, 0.2) is 10.5 Å². The highest BCUT2D eigenvalue weighted by Crippen LogP contribution is 2.19. The lowest BCUT2D eigenvalue weighted by Crippen LogP contribution is -1.86. The first-order valence-electron chi connectivity index (χ1n) is 8.36. The number of unbranched alkanes of at least 4 members (excludes halogenated alkanes) is 7. The van der Waals surface area contributed by atoms with E-state index in [0.29, 0.717) is 0 Å². The zero-order chi connectivity index (χ0) is 13.9. The summed E-state index contributed by atoms with van der Waals surface area (Å²) in [5.41, 5.74) is 1.36. The normalized spacial score (nSPS) is 11.1. The van der Waals surface area contributed by atoms with Crippen LogP contribution in [0.4, 0.5) is 0 Å². The van der Waals surface area contributed by atoms with E-state index in [1.165, 1.54) is 74.9 Å². The zero-order valence-corrected chi connectivity index (χ0v) is 13.3. The van der Waals surface area contributed by atoms with Crippen molar-refractivity contribution in [1.82, 2.24) is 0 Å². The molecule has 110 valence electrons. The Labute approximate surface area is 119 Å². The Morgan fingerprint density at radius 3 is 2.05 bits per heavy atom. The van der Waals surface area contributed by atoms with Gasteiger partial charge < -0.3 is 4.42 Å². The molecule has 1 heteroatoms. The largest absolute Gasteiger partial charge is 0.466 e. The predicted molar refractivity (Wildman–Crippen MR) is 83.8 cm³/mol. The highest BCUT2D eigenvalue weighted by molar-refractivity contribution is 5.20. The fourth-order valence-corrected chi connectivity index (χ4v) is 2.58. The summed E-state index contributed by atoms with van der Waals surface area (Å²) in [7, 11) is 0. The van der Waals surface area contributed by atoms with E-state index in [0.717, 1.165) is 12.8 Å². The van der Waals surface area contributed by atoms with Crippen molar-refractivity contribution in [1.29, 1.82) is 0 Å². The van der Waals surface area contributed by atoms with Crippen LogP contribution in [0.25, 0.3) is 0 Å². The van der Waals surface area contributed by atoms with Gasteiger partial charge in [0, 0.05) is 12.8 Å². The van der Waals surface area contributed by atoms with E-state index in [2.05, 4.69) is 26.8 Å². The molecular weight excluding hydrogens is 232 g/mol. The van der Waals surface area contributed by atoms with Gasteiger partial charge in [-0.3, -0.25) is 0 Å². The van der Waals surface area contributed by atoms with Crippen molar-refractivity contribution in [3.63, 3.8) is 0 Å². The van der Waals surface area contributed by atoms with Crippen LogP contribution in [0.1, 0.15) is 88.7 Å². The fourth-order valence-electron chi connectivity index (χ4n) is 2.58. The summed E-state index contributed by atoms with van der Waals surface area (Å²) in [4.78, 5) is 0. The maximum Gasteiger partial charge on any atom is 0.107 e. The van der Waals surface area contributed by atoms with Gasteiger partial charge in [-0.25, -0.2) is 0 Å². The minimum atomic E-state index is 1.12. The van der Waals surface area contributed by atoms with Gasteiger partial charge >= 0.3 is 0 Å². The smallest absolute Gasteiger partial charge is 0.107 e. The second kappa shape index (κ2) is 10.1. The third kappa shape index (κ3) is 6.84. The quantitative estimate of drug-likeness (QED) is 0.432. The van der Waals surface area contributed by atoms with Gasteiger partial charge in [-0.05, 0) is 31.4 Å². The number of hydrogen-bond acceptors (Lipinski definition) is 1. The van der Waals surface area contributed by atoms with Crippen LogP contribution in [0, 0.1) is 6.92 Å². The summed E-state index contributed by atoms with van der Waals surface area (Å²) < 4.78 is 6.00. The van der Waals surface area contributed by atoms with Gasteiger partial charge in [-0.15, -0.1) is 0 Å². The van der Waals surface area contributed by atoms with Crippen molar-refractivity contribution in [2.75, 3.05) is 0 Å². The van der Waals surface area contributed by atoms with E-state index in [4.69, 9.17) is 4.42 Å². The molecule has 1 heterocycles. The summed E-state index contributed by atoms with van der Waals surface area (Å²) in [6.07, 6.45) is 14.2. The van der Waals surface area contributed by atoms with E-state index in [1.54, 1.807) is 0 Å². The van der Waals surface area contributed by atoms with Gasteiger partial charge in [0.1, 0.15) is 11.5 Å². The molecule has 0 saturated heterocycles. The topological polar surface area (TPSA) is 13.1 Å². The Kier molecular flexibility index (Phi) is 8.69. The van der Waals surface area contributed by atoms with Gasteiger partial charge in [0.15, 0.2) is 0 Å². The van der Waals surface area contributed by atoms with E-state index < -0.39 is 0 Å². The Balaban J connectivity index is 2.24. The predicted octanol–water partition coefficient (Wildman–Crippen LogP) is 6.22. The summed E-state index contributed by atoms with van der Waals surface area (Å²) in [5.74, 6) is 2.44. The summed E-state index contributed by atoms with van der Waals surface area (Å²) in [6.45, 7) is 6.72. The first kappa shape index (κ1) is 16.3. The van der Waals surface area contributed by atoms with Crippen molar-refractivity contribution < 1.29 is 4.42 Å². The average molecular weight is 264 g/mol. The molecule has 1 nitrogen and oxygen atoms in total. The highest BCUT2D eigenvalue weighted by Gasteiger charge is 2.07. The second-order valence-corrected chi connectivity index (χ2v) is 5.79. The Morgan fingerprint density at radius 2 is 1.37 bits per heavy atom. The van der Waals surface area contributed by atoms with E-state index in [1.807, 2.05) is 0 Å². The van der Waals surface area contributed by atoms with Gasteiger partial charge in [-0.2, -0.15) is 0 Å². The number of furan rings is 1. The lowest BCUT2D eigenvalue weighted by molar-refractivity contribution is 0.445. The molecule has 0 radical (unpaired) electrons. The molecule has 1 rings (SSSR count). The van der Waals surface area contributed by atoms with Gasteiger partial charge in [0.2, 0.25) is 0 Å².